The molecule has 14 heavy (non-hydrogen) atoms. The molecule has 0 spiro atoms. The Morgan fingerprint density at radius 2 is 2.21 bits per heavy atom. The summed E-state index contributed by atoms with van der Waals surface area (Å²) in [4.78, 5) is 14.6. The molecule has 4 heteroatoms. The maximum atomic E-state index is 10.4. The summed E-state index contributed by atoms with van der Waals surface area (Å²) in [5.41, 5.74) is 2.37. The van der Waals surface area contributed by atoms with Crippen LogP contribution in [0.3, 0.4) is 0 Å². The number of carbonyl (C=O) groups excluding carboxylic acids is 1. The molecule has 0 amide bonds. The van der Waals surface area contributed by atoms with Gasteiger partial charge in [0.05, 0.1) is 23.6 Å². The van der Waals surface area contributed by atoms with Crippen LogP contribution in [0.5, 0.6) is 0 Å². The second kappa shape index (κ2) is 3.41. The number of nitrogens with zero attached hydrogens (tertiary/aromatic N) is 3. The van der Waals surface area contributed by atoms with Gasteiger partial charge in [-0.15, -0.1) is 0 Å². The molecule has 0 radical (unpaired) electrons. The van der Waals surface area contributed by atoms with Gasteiger partial charge in [-0.05, 0) is 19.1 Å². The van der Waals surface area contributed by atoms with Crippen molar-refractivity contribution in [1.29, 1.82) is 0 Å². The fourth-order valence-electron chi connectivity index (χ4n) is 1.13. The Kier molecular flexibility index (Phi) is 2.10. The molecule has 2 heterocycles. The van der Waals surface area contributed by atoms with E-state index in [0.717, 1.165) is 17.7 Å². The standard InChI is InChI=1S/C10H9N3O/c1-8-2-3-10(5-11-8)13-6-9(7-14)4-12-13/h2-7H,1H3. The van der Waals surface area contributed by atoms with Gasteiger partial charge in [-0.2, -0.15) is 5.10 Å². The van der Waals surface area contributed by atoms with Crippen LogP contribution in [0.2, 0.25) is 0 Å². The molecule has 0 aliphatic carbocycles. The van der Waals surface area contributed by atoms with Gasteiger partial charge in [0.25, 0.3) is 0 Å². The van der Waals surface area contributed by atoms with Crippen LogP contribution in [-0.2, 0) is 0 Å². The Hall–Kier alpha value is -1.97. The van der Waals surface area contributed by atoms with Crippen LogP contribution < -0.4 is 0 Å². The molecule has 0 saturated carbocycles. The first-order valence-corrected chi connectivity index (χ1v) is 4.22. The lowest BCUT2D eigenvalue weighted by Gasteiger charge is -1.99. The first kappa shape index (κ1) is 8.62. The SMILES string of the molecule is Cc1ccc(-n2cc(C=O)cn2)cn1. The quantitative estimate of drug-likeness (QED) is 0.667. The molecule has 2 aromatic rings. The fraction of sp³-hybridized carbons (Fsp3) is 0.100. The Morgan fingerprint density at radius 3 is 2.79 bits per heavy atom. The van der Waals surface area contributed by atoms with E-state index in [1.165, 1.54) is 6.20 Å². The highest BCUT2D eigenvalue weighted by atomic mass is 16.1. The lowest BCUT2D eigenvalue weighted by molar-refractivity contribution is 0.112. The van der Waals surface area contributed by atoms with E-state index < -0.39 is 0 Å². The molecule has 0 N–H and O–H groups in total. The molecule has 0 aromatic carbocycles. The van der Waals surface area contributed by atoms with Gasteiger partial charge < -0.3 is 0 Å². The number of hydrogen-bond acceptors (Lipinski definition) is 3. The van der Waals surface area contributed by atoms with Crippen molar-refractivity contribution in [2.24, 2.45) is 0 Å². The maximum absolute atomic E-state index is 10.4. The number of aldehydes is 1. The number of pyridine rings is 1. The zero-order valence-corrected chi connectivity index (χ0v) is 7.71. The van der Waals surface area contributed by atoms with E-state index in [1.807, 2.05) is 19.1 Å². The average molecular weight is 187 g/mol. The van der Waals surface area contributed by atoms with E-state index in [1.54, 1.807) is 17.1 Å². The largest absolute Gasteiger partial charge is 0.298 e. The molecule has 2 rings (SSSR count). The van der Waals surface area contributed by atoms with Crippen molar-refractivity contribution in [2.75, 3.05) is 0 Å². The van der Waals surface area contributed by atoms with E-state index in [-0.39, 0.29) is 0 Å². The van der Waals surface area contributed by atoms with E-state index >= 15 is 0 Å². The number of aryl methyl sites for hydroxylation is 1. The number of aromatic nitrogens is 3. The molecule has 2 aromatic heterocycles. The Bertz CT molecular complexity index is 445. The molecule has 0 aliphatic rings. The van der Waals surface area contributed by atoms with E-state index in [0.29, 0.717) is 5.56 Å². The Morgan fingerprint density at radius 1 is 1.36 bits per heavy atom. The second-order valence-corrected chi connectivity index (χ2v) is 2.99. The first-order valence-electron chi connectivity index (χ1n) is 4.22. The van der Waals surface area contributed by atoms with Crippen molar-refractivity contribution in [2.45, 2.75) is 6.92 Å². The van der Waals surface area contributed by atoms with Crippen molar-refractivity contribution >= 4 is 6.29 Å². The highest BCUT2D eigenvalue weighted by molar-refractivity contribution is 5.73. The van der Waals surface area contributed by atoms with Crippen molar-refractivity contribution in [3.05, 3.63) is 42.0 Å². The van der Waals surface area contributed by atoms with Gasteiger partial charge in [0, 0.05) is 11.9 Å². The highest BCUT2D eigenvalue weighted by Crippen LogP contribution is 2.06. The molecule has 0 saturated heterocycles. The summed E-state index contributed by atoms with van der Waals surface area (Å²) in [7, 11) is 0. The third-order valence-corrected chi connectivity index (χ3v) is 1.90. The van der Waals surface area contributed by atoms with Gasteiger partial charge in [0.2, 0.25) is 0 Å². The number of carbonyl (C=O) groups is 1. The monoisotopic (exact) mass is 187 g/mol. The molecule has 0 aliphatic heterocycles. The molecule has 0 fully saturated rings. The predicted octanol–water partition coefficient (Wildman–Crippen LogP) is 1.39. The summed E-state index contributed by atoms with van der Waals surface area (Å²) in [6, 6.07) is 3.81. The van der Waals surface area contributed by atoms with E-state index in [2.05, 4.69) is 10.1 Å². The normalized spacial score (nSPS) is 10.1. The van der Waals surface area contributed by atoms with E-state index in [4.69, 9.17) is 0 Å². The topological polar surface area (TPSA) is 47.8 Å². The Labute approximate surface area is 81.2 Å². The molecule has 0 atom stereocenters. The van der Waals surface area contributed by atoms with Crippen molar-refractivity contribution < 1.29 is 4.79 Å². The molecule has 0 unspecified atom stereocenters. The van der Waals surface area contributed by atoms with E-state index in [9.17, 15) is 4.79 Å². The molecular weight excluding hydrogens is 178 g/mol. The summed E-state index contributed by atoms with van der Waals surface area (Å²) >= 11 is 0. The minimum absolute atomic E-state index is 0.561. The molecular formula is C10H9N3O. The van der Waals surface area contributed by atoms with Crippen LogP contribution in [0.1, 0.15) is 16.1 Å². The Balaban J connectivity index is 2.39. The van der Waals surface area contributed by atoms with Crippen LogP contribution >= 0.6 is 0 Å². The van der Waals surface area contributed by atoms with Gasteiger partial charge >= 0.3 is 0 Å². The minimum atomic E-state index is 0.561. The molecule has 70 valence electrons. The highest BCUT2D eigenvalue weighted by Gasteiger charge is 1.99. The number of hydrogen-bond donors (Lipinski definition) is 0. The van der Waals surface area contributed by atoms with Crippen LogP contribution in [0.25, 0.3) is 5.69 Å². The average Bonchev–Trinajstić information content (AvgIpc) is 2.67. The predicted molar refractivity (Wildman–Crippen MR) is 51.5 cm³/mol. The summed E-state index contributed by atoms with van der Waals surface area (Å²) < 4.78 is 1.62. The summed E-state index contributed by atoms with van der Waals surface area (Å²) in [5, 5.41) is 4.03. The zero-order chi connectivity index (χ0) is 9.97. The summed E-state index contributed by atoms with van der Waals surface area (Å²) in [6.07, 6.45) is 5.67. The summed E-state index contributed by atoms with van der Waals surface area (Å²) in [6.45, 7) is 1.92. The molecule has 0 bridgehead atoms. The van der Waals surface area contributed by atoms with Crippen LogP contribution in [-0.4, -0.2) is 21.1 Å². The van der Waals surface area contributed by atoms with Crippen LogP contribution in [0.15, 0.2) is 30.7 Å². The number of rotatable bonds is 2. The third kappa shape index (κ3) is 1.54. The summed E-state index contributed by atoms with van der Waals surface area (Å²) in [5.74, 6) is 0. The van der Waals surface area contributed by atoms with Gasteiger partial charge in [-0.3, -0.25) is 9.78 Å². The van der Waals surface area contributed by atoms with Gasteiger partial charge in [-0.25, -0.2) is 4.68 Å². The third-order valence-electron chi connectivity index (χ3n) is 1.90. The lowest BCUT2D eigenvalue weighted by Crippen LogP contribution is -1.95. The van der Waals surface area contributed by atoms with Gasteiger partial charge in [0.1, 0.15) is 0 Å². The first-order chi connectivity index (χ1) is 6.79. The minimum Gasteiger partial charge on any atom is -0.298 e. The van der Waals surface area contributed by atoms with Crippen molar-refractivity contribution in [3.8, 4) is 5.69 Å². The van der Waals surface area contributed by atoms with Crippen LogP contribution in [0, 0.1) is 6.92 Å². The van der Waals surface area contributed by atoms with Gasteiger partial charge in [0.15, 0.2) is 6.29 Å². The zero-order valence-electron chi connectivity index (χ0n) is 7.71. The maximum Gasteiger partial charge on any atom is 0.153 e. The van der Waals surface area contributed by atoms with Crippen molar-refractivity contribution in [3.63, 3.8) is 0 Å². The smallest absolute Gasteiger partial charge is 0.153 e. The van der Waals surface area contributed by atoms with Crippen LogP contribution in [0.4, 0.5) is 0 Å². The second-order valence-electron chi connectivity index (χ2n) is 2.99. The van der Waals surface area contributed by atoms with Gasteiger partial charge in [-0.1, -0.05) is 0 Å². The fourth-order valence-corrected chi connectivity index (χ4v) is 1.13. The molecule has 4 nitrogen and oxygen atoms in total. The lowest BCUT2D eigenvalue weighted by atomic mass is 10.3. The van der Waals surface area contributed by atoms with Crippen molar-refractivity contribution in [1.82, 2.24) is 14.8 Å².